The second-order valence-electron chi connectivity index (χ2n) is 8.73. The fourth-order valence-electron chi connectivity index (χ4n) is 4.59. The first kappa shape index (κ1) is 20.4. The molecule has 0 atom stereocenters. The van der Waals surface area contributed by atoms with Gasteiger partial charge in [0.15, 0.2) is 0 Å². The van der Waals surface area contributed by atoms with Crippen LogP contribution in [0.5, 0.6) is 5.88 Å². The summed E-state index contributed by atoms with van der Waals surface area (Å²) in [5.74, 6) is 0.194. The topological polar surface area (TPSA) is 76.6 Å². The largest absolute Gasteiger partial charge is 0.473 e. The lowest BCUT2D eigenvalue weighted by Gasteiger charge is -2.36. The molecule has 3 heterocycles. The zero-order chi connectivity index (χ0) is 21.0. The molecule has 0 bridgehead atoms. The van der Waals surface area contributed by atoms with Gasteiger partial charge in [-0.1, -0.05) is 12.5 Å². The van der Waals surface area contributed by atoms with Crippen molar-refractivity contribution in [1.82, 2.24) is 14.9 Å². The Hall–Kier alpha value is -2.51. The quantitative estimate of drug-likeness (QED) is 0.797. The monoisotopic (exact) mass is 422 g/mol. The molecule has 0 radical (unpaired) electrons. The lowest BCUT2D eigenvalue weighted by molar-refractivity contribution is 0.0235. The molecule has 0 spiro atoms. The zero-order valence-electron chi connectivity index (χ0n) is 17.9. The van der Waals surface area contributed by atoms with Crippen molar-refractivity contribution in [2.75, 3.05) is 31.6 Å². The maximum Gasteiger partial charge on any atom is 0.275 e. The summed E-state index contributed by atoms with van der Waals surface area (Å²) in [6.07, 6.45) is 11.0. The molecular weight excluding hydrogens is 392 g/mol. The van der Waals surface area contributed by atoms with Crippen LogP contribution in [0.3, 0.4) is 0 Å². The number of rotatable bonds is 5. The minimum atomic E-state index is -0.255. The second-order valence-corrected chi connectivity index (χ2v) is 8.73. The Morgan fingerprint density at radius 1 is 1.03 bits per heavy atom. The molecule has 5 rings (SSSR count). The van der Waals surface area contributed by atoms with E-state index in [1.807, 2.05) is 6.07 Å². The van der Waals surface area contributed by atoms with Crippen LogP contribution in [0, 0.1) is 0 Å². The van der Waals surface area contributed by atoms with E-state index in [1.54, 1.807) is 0 Å². The van der Waals surface area contributed by atoms with Crippen molar-refractivity contribution in [3.05, 3.63) is 47.4 Å². The van der Waals surface area contributed by atoms with Crippen molar-refractivity contribution in [3.8, 4) is 5.88 Å². The Kier molecular flexibility index (Phi) is 6.13. The Morgan fingerprint density at radius 2 is 1.84 bits per heavy atom. The van der Waals surface area contributed by atoms with E-state index in [1.165, 1.54) is 42.8 Å². The summed E-state index contributed by atoms with van der Waals surface area (Å²) in [6.45, 7) is 3.66. The normalized spacial score (nSPS) is 20.4. The molecule has 2 aliphatic heterocycles. The first-order valence-corrected chi connectivity index (χ1v) is 11.5. The molecule has 1 aromatic heterocycles. The minimum absolute atomic E-state index is 0.0996. The van der Waals surface area contributed by atoms with Gasteiger partial charge in [-0.05, 0) is 48.9 Å². The van der Waals surface area contributed by atoms with Crippen LogP contribution in [0.2, 0.25) is 0 Å². The van der Waals surface area contributed by atoms with Gasteiger partial charge in [0.05, 0.1) is 25.6 Å². The maximum absolute atomic E-state index is 12.7. The van der Waals surface area contributed by atoms with Gasteiger partial charge in [-0.25, -0.2) is 9.97 Å². The number of carbonyl (C=O) groups excluding carboxylic acids is 1. The first-order chi connectivity index (χ1) is 15.2. The number of nitrogens with zero attached hydrogens (tertiary/aromatic N) is 3. The number of carbonyl (C=O) groups is 1. The molecule has 3 aliphatic rings. The van der Waals surface area contributed by atoms with Gasteiger partial charge in [0.25, 0.3) is 5.91 Å². The molecule has 7 heteroatoms. The van der Waals surface area contributed by atoms with E-state index >= 15 is 0 Å². The van der Waals surface area contributed by atoms with Gasteiger partial charge < -0.3 is 14.8 Å². The van der Waals surface area contributed by atoms with Gasteiger partial charge in [0.1, 0.15) is 11.8 Å². The third kappa shape index (κ3) is 4.88. The molecule has 31 heavy (non-hydrogen) atoms. The fourth-order valence-corrected chi connectivity index (χ4v) is 4.59. The zero-order valence-corrected chi connectivity index (χ0v) is 17.9. The number of nitrogens with one attached hydrogen (secondary N) is 1. The van der Waals surface area contributed by atoms with E-state index in [9.17, 15) is 4.79 Å². The molecule has 1 saturated heterocycles. The number of hydrogen-bond donors (Lipinski definition) is 1. The van der Waals surface area contributed by atoms with E-state index < -0.39 is 0 Å². The van der Waals surface area contributed by atoms with E-state index in [-0.39, 0.29) is 17.7 Å². The van der Waals surface area contributed by atoms with Crippen molar-refractivity contribution < 1.29 is 14.3 Å². The molecule has 1 amide bonds. The Bertz CT molecular complexity index is 908. The van der Waals surface area contributed by atoms with Gasteiger partial charge >= 0.3 is 0 Å². The number of fused-ring (bicyclic) bond motifs is 1. The highest BCUT2D eigenvalue weighted by molar-refractivity contribution is 6.02. The number of hydrogen-bond acceptors (Lipinski definition) is 6. The number of ether oxygens (including phenoxy) is 2. The van der Waals surface area contributed by atoms with Crippen LogP contribution in [0.1, 0.15) is 53.7 Å². The van der Waals surface area contributed by atoms with Gasteiger partial charge in [-0.15, -0.1) is 0 Å². The second kappa shape index (κ2) is 9.32. The SMILES string of the molecule is O=C(Nc1ccc2c(c1)CCN(C1CCC1)CC2)c1cnc(OC2CCOCC2)cn1. The number of amides is 1. The predicted octanol–water partition coefficient (Wildman–Crippen LogP) is 3.24. The molecule has 164 valence electrons. The van der Waals surface area contributed by atoms with E-state index in [0.717, 1.165) is 50.5 Å². The van der Waals surface area contributed by atoms with Crippen LogP contribution in [0.25, 0.3) is 0 Å². The molecule has 2 aromatic rings. The lowest BCUT2D eigenvalue weighted by atomic mass is 9.91. The number of aromatic nitrogens is 2. The highest BCUT2D eigenvalue weighted by Gasteiger charge is 2.26. The molecule has 1 aromatic carbocycles. The summed E-state index contributed by atoms with van der Waals surface area (Å²) >= 11 is 0. The van der Waals surface area contributed by atoms with Crippen molar-refractivity contribution in [2.24, 2.45) is 0 Å². The molecule has 7 nitrogen and oxygen atoms in total. The third-order valence-electron chi connectivity index (χ3n) is 6.71. The average Bonchev–Trinajstić information content (AvgIpc) is 2.96. The number of benzene rings is 1. The fraction of sp³-hybridized carbons (Fsp3) is 0.542. The highest BCUT2D eigenvalue weighted by atomic mass is 16.5. The molecule has 1 saturated carbocycles. The summed E-state index contributed by atoms with van der Waals surface area (Å²) in [5.41, 5.74) is 3.83. The van der Waals surface area contributed by atoms with Crippen molar-refractivity contribution in [1.29, 1.82) is 0 Å². The Morgan fingerprint density at radius 3 is 2.55 bits per heavy atom. The van der Waals surface area contributed by atoms with Crippen molar-refractivity contribution in [2.45, 2.75) is 57.1 Å². The van der Waals surface area contributed by atoms with Gasteiger partial charge in [0, 0.05) is 37.7 Å². The van der Waals surface area contributed by atoms with Crippen LogP contribution in [-0.4, -0.2) is 59.2 Å². The summed E-state index contributed by atoms with van der Waals surface area (Å²) in [5, 5.41) is 2.97. The highest BCUT2D eigenvalue weighted by Crippen LogP contribution is 2.28. The summed E-state index contributed by atoms with van der Waals surface area (Å²) in [6, 6.07) is 7.05. The Labute approximate surface area is 183 Å². The first-order valence-electron chi connectivity index (χ1n) is 11.5. The van der Waals surface area contributed by atoms with Crippen LogP contribution < -0.4 is 10.1 Å². The van der Waals surface area contributed by atoms with E-state index in [0.29, 0.717) is 19.1 Å². The lowest BCUT2D eigenvalue weighted by Crippen LogP contribution is -2.41. The van der Waals surface area contributed by atoms with E-state index in [2.05, 4.69) is 32.3 Å². The standard InChI is InChI=1S/C24H30N4O3/c29-24(22-15-26-23(16-25-22)31-21-8-12-30-13-9-21)27-19-5-4-17-6-10-28(20-2-1-3-20)11-7-18(17)14-19/h4-5,14-16,20-21H,1-3,6-13H2,(H,27,29). The average molecular weight is 423 g/mol. The summed E-state index contributed by atoms with van der Waals surface area (Å²) in [4.78, 5) is 23.8. The van der Waals surface area contributed by atoms with Gasteiger partial charge in [-0.3, -0.25) is 9.69 Å². The molecule has 1 N–H and O–H groups in total. The van der Waals surface area contributed by atoms with Crippen LogP contribution >= 0.6 is 0 Å². The maximum atomic E-state index is 12.7. The Balaban J connectivity index is 1.19. The summed E-state index contributed by atoms with van der Waals surface area (Å²) in [7, 11) is 0. The predicted molar refractivity (Wildman–Crippen MR) is 118 cm³/mol. The van der Waals surface area contributed by atoms with Gasteiger partial charge in [0.2, 0.25) is 5.88 Å². The third-order valence-corrected chi connectivity index (χ3v) is 6.71. The van der Waals surface area contributed by atoms with E-state index in [4.69, 9.17) is 9.47 Å². The van der Waals surface area contributed by atoms with Crippen LogP contribution in [0.4, 0.5) is 5.69 Å². The van der Waals surface area contributed by atoms with Crippen LogP contribution in [0.15, 0.2) is 30.6 Å². The smallest absolute Gasteiger partial charge is 0.275 e. The molecular formula is C24H30N4O3. The summed E-state index contributed by atoms with van der Waals surface area (Å²) < 4.78 is 11.2. The molecule has 2 fully saturated rings. The number of anilines is 1. The van der Waals surface area contributed by atoms with Crippen LogP contribution in [-0.2, 0) is 17.6 Å². The minimum Gasteiger partial charge on any atom is -0.473 e. The van der Waals surface area contributed by atoms with Crippen molar-refractivity contribution >= 4 is 11.6 Å². The van der Waals surface area contributed by atoms with Crippen molar-refractivity contribution in [3.63, 3.8) is 0 Å². The van der Waals surface area contributed by atoms with Gasteiger partial charge in [-0.2, -0.15) is 0 Å². The molecule has 0 unspecified atom stereocenters. The molecule has 1 aliphatic carbocycles.